The molecule has 0 spiro atoms. The van der Waals surface area contributed by atoms with Crippen molar-refractivity contribution in [3.63, 3.8) is 0 Å². The second-order valence-electron chi connectivity index (χ2n) is 6.42. The zero-order valence-electron chi connectivity index (χ0n) is 15.5. The van der Waals surface area contributed by atoms with Crippen LogP contribution in [0, 0.1) is 0 Å². The Hall–Kier alpha value is -3.54. The first-order valence-electron chi connectivity index (χ1n) is 9.05. The molecule has 3 aromatic carbocycles. The number of ether oxygens (including phenoxy) is 2. The van der Waals surface area contributed by atoms with E-state index in [1.165, 1.54) is 4.90 Å². The summed E-state index contributed by atoms with van der Waals surface area (Å²) in [6.45, 7) is 0.604. The first kappa shape index (κ1) is 17.9. The van der Waals surface area contributed by atoms with Crippen LogP contribution < -0.4 is 19.7 Å². The number of hydrogen-bond acceptors (Lipinski definition) is 4. The zero-order valence-corrected chi connectivity index (χ0v) is 15.5. The van der Waals surface area contributed by atoms with Gasteiger partial charge in [-0.1, -0.05) is 36.4 Å². The fourth-order valence-electron chi connectivity index (χ4n) is 3.43. The van der Waals surface area contributed by atoms with Crippen molar-refractivity contribution in [2.75, 3.05) is 31.7 Å². The number of amides is 2. The van der Waals surface area contributed by atoms with E-state index in [4.69, 9.17) is 9.47 Å². The highest BCUT2D eigenvalue weighted by Gasteiger charge is 2.30. The van der Waals surface area contributed by atoms with E-state index in [0.29, 0.717) is 30.2 Å². The van der Waals surface area contributed by atoms with Crippen LogP contribution in [-0.2, 0) is 4.79 Å². The van der Waals surface area contributed by atoms with Crippen LogP contribution in [0.3, 0.4) is 0 Å². The highest BCUT2D eigenvalue weighted by Crippen LogP contribution is 2.36. The summed E-state index contributed by atoms with van der Waals surface area (Å²) in [5.74, 6) is 0.882. The molecule has 1 heterocycles. The fourth-order valence-corrected chi connectivity index (χ4v) is 3.43. The van der Waals surface area contributed by atoms with Crippen LogP contribution >= 0.6 is 0 Å². The number of hydrogen-bond donors (Lipinski definition) is 1. The van der Waals surface area contributed by atoms with Crippen molar-refractivity contribution in [3.8, 4) is 11.5 Å². The van der Waals surface area contributed by atoms with Crippen molar-refractivity contribution in [1.82, 2.24) is 5.32 Å². The second-order valence-corrected chi connectivity index (χ2v) is 6.42. The molecule has 0 saturated heterocycles. The van der Waals surface area contributed by atoms with E-state index in [0.717, 1.165) is 16.5 Å². The molecule has 142 valence electrons. The first-order chi connectivity index (χ1) is 13.7. The summed E-state index contributed by atoms with van der Waals surface area (Å²) in [5.41, 5.74) is 1.42. The van der Waals surface area contributed by atoms with E-state index < -0.39 is 0 Å². The van der Waals surface area contributed by atoms with Gasteiger partial charge in [-0.2, -0.15) is 0 Å². The van der Waals surface area contributed by atoms with Gasteiger partial charge < -0.3 is 14.8 Å². The Bertz CT molecular complexity index is 1040. The number of nitrogens with zero attached hydrogens (tertiary/aromatic N) is 1. The molecule has 28 heavy (non-hydrogen) atoms. The Morgan fingerprint density at radius 2 is 1.75 bits per heavy atom. The quantitative estimate of drug-likeness (QED) is 0.644. The van der Waals surface area contributed by atoms with Gasteiger partial charge >= 0.3 is 0 Å². The van der Waals surface area contributed by atoms with Crippen LogP contribution in [0.1, 0.15) is 10.4 Å². The Morgan fingerprint density at radius 1 is 1.00 bits per heavy atom. The Labute approximate surface area is 162 Å². The van der Waals surface area contributed by atoms with Crippen molar-refractivity contribution < 1.29 is 19.1 Å². The third-order valence-electron chi connectivity index (χ3n) is 4.70. The van der Waals surface area contributed by atoms with Crippen LogP contribution in [0.25, 0.3) is 10.8 Å². The van der Waals surface area contributed by atoms with E-state index in [2.05, 4.69) is 5.32 Å². The number of rotatable bonds is 7. The van der Waals surface area contributed by atoms with Gasteiger partial charge in [0.05, 0.1) is 19.3 Å². The predicted molar refractivity (Wildman–Crippen MR) is 107 cm³/mol. The van der Waals surface area contributed by atoms with Crippen molar-refractivity contribution in [2.45, 2.75) is 0 Å². The Balaban J connectivity index is 1.35. The molecule has 6 heteroatoms. The maximum absolute atomic E-state index is 12.7. The van der Waals surface area contributed by atoms with E-state index in [1.54, 1.807) is 19.2 Å². The molecule has 1 aliphatic heterocycles. The number of carbonyl (C=O) groups is 2. The largest absolute Gasteiger partial charge is 0.493 e. The normalized spacial score (nSPS) is 12.3. The van der Waals surface area contributed by atoms with Crippen LogP contribution in [0.4, 0.5) is 5.69 Å². The minimum atomic E-state index is -0.234. The average molecular weight is 376 g/mol. The number of nitrogens with one attached hydrogen (secondary N) is 1. The van der Waals surface area contributed by atoms with Gasteiger partial charge in [0.15, 0.2) is 11.5 Å². The Morgan fingerprint density at radius 3 is 2.54 bits per heavy atom. The highest BCUT2D eigenvalue weighted by molar-refractivity contribution is 6.26. The van der Waals surface area contributed by atoms with Crippen LogP contribution in [0.2, 0.25) is 0 Å². The molecule has 0 aromatic heterocycles. The van der Waals surface area contributed by atoms with Crippen molar-refractivity contribution in [2.24, 2.45) is 0 Å². The molecule has 0 aliphatic carbocycles. The number of para-hydroxylation sites is 2. The first-order valence-corrected chi connectivity index (χ1v) is 9.05. The third-order valence-corrected chi connectivity index (χ3v) is 4.70. The molecular formula is C22H20N2O4. The highest BCUT2D eigenvalue weighted by atomic mass is 16.5. The van der Waals surface area contributed by atoms with Crippen molar-refractivity contribution in [1.29, 1.82) is 0 Å². The minimum absolute atomic E-state index is 0.0265. The van der Waals surface area contributed by atoms with Gasteiger partial charge in [0, 0.05) is 10.9 Å². The Kier molecular flexibility index (Phi) is 4.85. The summed E-state index contributed by atoms with van der Waals surface area (Å²) in [6.07, 6.45) is 0. The zero-order chi connectivity index (χ0) is 19.5. The number of carbonyl (C=O) groups excluding carboxylic acids is 2. The van der Waals surface area contributed by atoms with Gasteiger partial charge in [-0.05, 0) is 29.7 Å². The van der Waals surface area contributed by atoms with Gasteiger partial charge in [-0.25, -0.2) is 0 Å². The van der Waals surface area contributed by atoms with Crippen molar-refractivity contribution >= 4 is 28.3 Å². The maximum Gasteiger partial charge on any atom is 0.259 e. The molecule has 1 aliphatic rings. The van der Waals surface area contributed by atoms with E-state index >= 15 is 0 Å². The van der Waals surface area contributed by atoms with Crippen LogP contribution in [0.15, 0.2) is 60.7 Å². The second kappa shape index (κ2) is 7.60. The molecule has 0 fully saturated rings. The lowest BCUT2D eigenvalue weighted by atomic mass is 10.1. The summed E-state index contributed by atoms with van der Waals surface area (Å²) in [5, 5.41) is 4.70. The van der Waals surface area contributed by atoms with Gasteiger partial charge in [0.1, 0.15) is 13.2 Å². The van der Waals surface area contributed by atoms with Gasteiger partial charge in [0.2, 0.25) is 5.91 Å². The van der Waals surface area contributed by atoms with Gasteiger partial charge in [-0.15, -0.1) is 0 Å². The van der Waals surface area contributed by atoms with Crippen molar-refractivity contribution in [3.05, 3.63) is 66.2 Å². The lowest BCUT2D eigenvalue weighted by molar-refractivity contribution is -0.119. The summed E-state index contributed by atoms with van der Waals surface area (Å²) in [4.78, 5) is 26.6. The average Bonchev–Trinajstić information content (AvgIpc) is 2.99. The molecule has 6 nitrogen and oxygen atoms in total. The minimum Gasteiger partial charge on any atom is -0.493 e. The lowest BCUT2D eigenvalue weighted by Crippen LogP contribution is -2.40. The van der Waals surface area contributed by atoms with Gasteiger partial charge in [0.25, 0.3) is 5.91 Å². The summed E-state index contributed by atoms with van der Waals surface area (Å²) in [7, 11) is 1.58. The summed E-state index contributed by atoms with van der Waals surface area (Å²) in [6, 6.07) is 18.7. The molecular weight excluding hydrogens is 356 g/mol. The van der Waals surface area contributed by atoms with E-state index in [1.807, 2.05) is 48.5 Å². The monoisotopic (exact) mass is 376 g/mol. The topological polar surface area (TPSA) is 67.9 Å². The standard InChI is InChI=1S/C22H20N2O4/c1-27-18-10-2-3-11-19(18)28-13-12-23-20(25)14-24-17-9-5-7-15-6-4-8-16(21(15)17)22(24)26/h2-11H,12-14H2,1H3,(H,23,25). The SMILES string of the molecule is COc1ccccc1OCCNC(=O)CN1C(=O)c2cccc3cccc1c23. The van der Waals surface area contributed by atoms with E-state index in [9.17, 15) is 9.59 Å². The molecule has 0 unspecified atom stereocenters. The van der Waals surface area contributed by atoms with Crippen LogP contribution in [-0.4, -0.2) is 38.6 Å². The molecule has 4 rings (SSSR count). The fraction of sp³-hybridized carbons (Fsp3) is 0.182. The number of methoxy groups -OCH3 is 1. The predicted octanol–water partition coefficient (Wildman–Crippen LogP) is 3.00. The molecule has 3 aromatic rings. The molecule has 2 amide bonds. The van der Waals surface area contributed by atoms with Crippen LogP contribution in [0.5, 0.6) is 11.5 Å². The number of benzene rings is 3. The molecule has 0 radical (unpaired) electrons. The smallest absolute Gasteiger partial charge is 0.259 e. The molecule has 1 N–H and O–H groups in total. The maximum atomic E-state index is 12.7. The third kappa shape index (κ3) is 3.24. The molecule has 0 bridgehead atoms. The van der Waals surface area contributed by atoms with E-state index in [-0.39, 0.29) is 18.4 Å². The molecule has 0 atom stereocenters. The van der Waals surface area contributed by atoms with Gasteiger partial charge in [-0.3, -0.25) is 14.5 Å². The number of anilines is 1. The summed E-state index contributed by atoms with van der Waals surface area (Å²) < 4.78 is 10.9. The molecule has 0 saturated carbocycles. The summed E-state index contributed by atoms with van der Waals surface area (Å²) >= 11 is 0. The lowest BCUT2D eigenvalue weighted by Gasteiger charge is -2.17.